The van der Waals surface area contributed by atoms with E-state index in [1.54, 1.807) is 0 Å². The van der Waals surface area contributed by atoms with Crippen molar-refractivity contribution in [2.45, 2.75) is 26.7 Å². The fraction of sp³-hybridized carbons (Fsp3) is 0.636. The first-order chi connectivity index (χ1) is 6.57. The third-order valence-electron chi connectivity index (χ3n) is 3.42. The smallest absolute Gasteiger partial charge is 0.0626 e. The molecule has 1 aliphatic rings. The van der Waals surface area contributed by atoms with E-state index in [9.17, 15) is 0 Å². The van der Waals surface area contributed by atoms with Crippen LogP contribution in [0, 0.1) is 18.3 Å². The maximum absolute atomic E-state index is 5.72. The molecule has 2 unspecified atom stereocenters. The lowest BCUT2D eigenvalue weighted by Crippen LogP contribution is -2.05. The summed E-state index contributed by atoms with van der Waals surface area (Å²) in [6, 6.07) is 0. The molecule has 0 aliphatic heterocycles. The molecule has 0 amide bonds. The Morgan fingerprint density at radius 3 is 2.50 bits per heavy atom. The number of rotatable bonds is 2. The van der Waals surface area contributed by atoms with Gasteiger partial charge in [-0.3, -0.25) is 9.97 Å². The van der Waals surface area contributed by atoms with Crippen molar-refractivity contribution in [1.82, 2.24) is 9.97 Å². The first-order valence-corrected chi connectivity index (χ1v) is 5.06. The van der Waals surface area contributed by atoms with E-state index in [-0.39, 0.29) is 0 Å². The second-order valence-corrected chi connectivity index (χ2v) is 4.72. The van der Waals surface area contributed by atoms with Gasteiger partial charge in [-0.15, -0.1) is 0 Å². The van der Waals surface area contributed by atoms with Crippen molar-refractivity contribution < 1.29 is 0 Å². The molecule has 2 atom stereocenters. The summed E-state index contributed by atoms with van der Waals surface area (Å²) in [5.74, 6) is 1.07. The molecule has 0 bridgehead atoms. The van der Waals surface area contributed by atoms with Gasteiger partial charge < -0.3 is 5.73 Å². The minimum atomic E-state index is 0.304. The molecule has 3 nitrogen and oxygen atoms in total. The molecule has 1 aromatic rings. The molecule has 0 aromatic carbocycles. The van der Waals surface area contributed by atoms with Crippen molar-refractivity contribution in [1.29, 1.82) is 0 Å². The van der Waals surface area contributed by atoms with Gasteiger partial charge in [0, 0.05) is 18.3 Å². The number of hydrogen-bond acceptors (Lipinski definition) is 3. The normalized spacial score (nSPS) is 28.9. The Hall–Kier alpha value is -0.960. The molecule has 1 aromatic heterocycles. The van der Waals surface area contributed by atoms with E-state index in [4.69, 9.17) is 5.73 Å². The van der Waals surface area contributed by atoms with Crippen LogP contribution in [0.25, 0.3) is 0 Å². The van der Waals surface area contributed by atoms with Gasteiger partial charge in [0.25, 0.3) is 0 Å². The highest BCUT2D eigenvalue weighted by atomic mass is 14.8. The zero-order valence-electron chi connectivity index (χ0n) is 8.99. The number of aromatic nitrogens is 2. The molecule has 2 rings (SSSR count). The van der Waals surface area contributed by atoms with Crippen LogP contribution in [-0.2, 0) is 0 Å². The Kier molecular flexibility index (Phi) is 2.07. The predicted molar refractivity (Wildman–Crippen MR) is 55.8 cm³/mol. The largest absolute Gasteiger partial charge is 0.330 e. The second kappa shape index (κ2) is 3.02. The number of aryl methyl sites for hydroxylation is 1. The topological polar surface area (TPSA) is 51.8 Å². The molecule has 1 fully saturated rings. The predicted octanol–water partition coefficient (Wildman–Crippen LogP) is 1.48. The fourth-order valence-corrected chi connectivity index (χ4v) is 2.33. The first-order valence-electron chi connectivity index (χ1n) is 5.06. The van der Waals surface area contributed by atoms with Gasteiger partial charge in [0.1, 0.15) is 0 Å². The van der Waals surface area contributed by atoms with Crippen LogP contribution in [0.4, 0.5) is 0 Å². The average molecular weight is 191 g/mol. The van der Waals surface area contributed by atoms with Crippen molar-refractivity contribution in [2.75, 3.05) is 6.54 Å². The van der Waals surface area contributed by atoms with Crippen LogP contribution in [0.5, 0.6) is 0 Å². The summed E-state index contributed by atoms with van der Waals surface area (Å²) in [6.07, 6.45) is 3.72. The van der Waals surface area contributed by atoms with Crippen LogP contribution < -0.4 is 5.73 Å². The third-order valence-corrected chi connectivity index (χ3v) is 3.42. The van der Waals surface area contributed by atoms with E-state index < -0.39 is 0 Å². The molecule has 3 heteroatoms. The van der Waals surface area contributed by atoms with Crippen LogP contribution in [0.2, 0.25) is 0 Å². The van der Waals surface area contributed by atoms with Crippen LogP contribution in [0.1, 0.15) is 31.2 Å². The van der Waals surface area contributed by atoms with Gasteiger partial charge in [-0.25, -0.2) is 0 Å². The van der Waals surface area contributed by atoms with Gasteiger partial charge in [0.05, 0.1) is 11.4 Å². The molecule has 0 spiro atoms. The zero-order valence-corrected chi connectivity index (χ0v) is 8.99. The van der Waals surface area contributed by atoms with Gasteiger partial charge in [-0.05, 0) is 24.8 Å². The monoisotopic (exact) mass is 191 g/mol. The van der Waals surface area contributed by atoms with Gasteiger partial charge >= 0.3 is 0 Å². The maximum atomic E-state index is 5.72. The first kappa shape index (κ1) is 9.59. The molecule has 0 radical (unpaired) electrons. The SMILES string of the molecule is Cc1cnc(C2C(CN)C2(C)C)cn1. The van der Waals surface area contributed by atoms with Crippen LogP contribution in [-0.4, -0.2) is 16.5 Å². The Bertz CT molecular complexity index is 329. The summed E-state index contributed by atoms with van der Waals surface area (Å²) < 4.78 is 0. The maximum Gasteiger partial charge on any atom is 0.0626 e. The lowest BCUT2D eigenvalue weighted by atomic mass is 10.1. The molecule has 1 saturated carbocycles. The van der Waals surface area contributed by atoms with Gasteiger partial charge in [-0.1, -0.05) is 13.8 Å². The van der Waals surface area contributed by atoms with Crippen LogP contribution in [0.15, 0.2) is 12.4 Å². The molecule has 0 saturated heterocycles. The summed E-state index contributed by atoms with van der Waals surface area (Å²) in [7, 11) is 0. The minimum absolute atomic E-state index is 0.304. The lowest BCUT2D eigenvalue weighted by Gasteiger charge is -2.01. The molecule has 1 aliphatic carbocycles. The molecule has 1 heterocycles. The Morgan fingerprint density at radius 2 is 2.07 bits per heavy atom. The Morgan fingerprint density at radius 1 is 1.36 bits per heavy atom. The minimum Gasteiger partial charge on any atom is -0.330 e. The summed E-state index contributed by atoms with van der Waals surface area (Å²) in [6.45, 7) is 7.19. The standard InChI is InChI=1S/C11H17N3/c1-7-5-14-9(6-13-7)10-8(4-12)11(10,2)3/h5-6,8,10H,4,12H2,1-3H3. The van der Waals surface area contributed by atoms with Crippen LogP contribution >= 0.6 is 0 Å². The quantitative estimate of drug-likeness (QED) is 0.770. The second-order valence-electron chi connectivity index (χ2n) is 4.72. The molecule has 76 valence electrons. The molecular weight excluding hydrogens is 174 g/mol. The van der Waals surface area contributed by atoms with E-state index in [2.05, 4.69) is 23.8 Å². The number of nitrogens with two attached hydrogens (primary N) is 1. The van der Waals surface area contributed by atoms with E-state index in [0.29, 0.717) is 17.3 Å². The van der Waals surface area contributed by atoms with E-state index in [1.807, 2.05) is 19.3 Å². The van der Waals surface area contributed by atoms with E-state index in [0.717, 1.165) is 17.9 Å². The van der Waals surface area contributed by atoms with Gasteiger partial charge in [-0.2, -0.15) is 0 Å². The summed E-state index contributed by atoms with van der Waals surface area (Å²) in [5, 5.41) is 0. The highest BCUT2D eigenvalue weighted by molar-refractivity contribution is 5.24. The highest BCUT2D eigenvalue weighted by Gasteiger charge is 2.58. The van der Waals surface area contributed by atoms with Crippen molar-refractivity contribution in [2.24, 2.45) is 17.1 Å². The molecular formula is C11H17N3. The van der Waals surface area contributed by atoms with Crippen molar-refractivity contribution >= 4 is 0 Å². The third kappa shape index (κ3) is 1.32. The van der Waals surface area contributed by atoms with Gasteiger partial charge in [0.2, 0.25) is 0 Å². The molecule has 14 heavy (non-hydrogen) atoms. The average Bonchev–Trinajstić information content (AvgIpc) is 2.69. The summed E-state index contributed by atoms with van der Waals surface area (Å²) in [4.78, 5) is 8.69. The van der Waals surface area contributed by atoms with Crippen molar-refractivity contribution in [3.8, 4) is 0 Å². The fourth-order valence-electron chi connectivity index (χ4n) is 2.33. The van der Waals surface area contributed by atoms with E-state index in [1.165, 1.54) is 0 Å². The lowest BCUT2D eigenvalue weighted by molar-refractivity contribution is 0.557. The highest BCUT2D eigenvalue weighted by Crippen LogP contribution is 2.63. The number of nitrogens with zero attached hydrogens (tertiary/aromatic N) is 2. The zero-order chi connectivity index (χ0) is 10.3. The van der Waals surface area contributed by atoms with Crippen molar-refractivity contribution in [3.05, 3.63) is 23.8 Å². The van der Waals surface area contributed by atoms with Crippen LogP contribution in [0.3, 0.4) is 0 Å². The molecule has 2 N–H and O–H groups in total. The Labute approximate surface area is 84.8 Å². The summed E-state index contributed by atoms with van der Waals surface area (Å²) in [5.41, 5.74) is 8.09. The Balaban J connectivity index is 2.22. The number of hydrogen-bond donors (Lipinski definition) is 1. The summed E-state index contributed by atoms with van der Waals surface area (Å²) >= 11 is 0. The van der Waals surface area contributed by atoms with E-state index >= 15 is 0 Å². The van der Waals surface area contributed by atoms with Gasteiger partial charge in [0.15, 0.2) is 0 Å². The van der Waals surface area contributed by atoms with Crippen molar-refractivity contribution in [3.63, 3.8) is 0 Å².